The van der Waals surface area contributed by atoms with Gasteiger partial charge in [-0.2, -0.15) is 0 Å². The molecule has 0 spiro atoms. The van der Waals surface area contributed by atoms with E-state index in [0.29, 0.717) is 12.3 Å². The molecule has 0 radical (unpaired) electrons. The van der Waals surface area contributed by atoms with Crippen LogP contribution in [0.1, 0.15) is 84.0 Å². The van der Waals surface area contributed by atoms with Crippen molar-refractivity contribution in [1.29, 1.82) is 0 Å². The molecule has 0 amide bonds. The molecular formula is C18H32O2. The summed E-state index contributed by atoms with van der Waals surface area (Å²) in [5.74, 6) is 6.19. The van der Waals surface area contributed by atoms with Crippen LogP contribution >= 0.6 is 0 Å². The molecule has 2 N–H and O–H groups in total. The maximum Gasteiger partial charge on any atom is 0.117 e. The predicted octanol–water partition coefficient (Wildman–Crippen LogP) is 4.04. The topological polar surface area (TPSA) is 40.5 Å². The summed E-state index contributed by atoms with van der Waals surface area (Å²) < 4.78 is 0. The number of hydrogen-bond donors (Lipinski definition) is 2. The molecule has 2 unspecified atom stereocenters. The Balaban J connectivity index is 1.88. The summed E-state index contributed by atoms with van der Waals surface area (Å²) in [5, 5.41) is 19.4. The summed E-state index contributed by atoms with van der Waals surface area (Å²) in [6.45, 7) is 2.24. The fraction of sp³-hybridized carbons (Fsp3) is 0.889. The maximum absolute atomic E-state index is 9.80. The molecular weight excluding hydrogens is 248 g/mol. The second-order valence-electron chi connectivity index (χ2n) is 6.22. The van der Waals surface area contributed by atoms with Crippen molar-refractivity contribution < 1.29 is 10.2 Å². The van der Waals surface area contributed by atoms with Crippen molar-refractivity contribution in [2.24, 2.45) is 5.92 Å². The molecule has 20 heavy (non-hydrogen) atoms. The molecule has 1 aliphatic carbocycles. The molecule has 0 aliphatic heterocycles. The third-order valence-electron chi connectivity index (χ3n) is 4.05. The Morgan fingerprint density at radius 1 is 0.950 bits per heavy atom. The summed E-state index contributed by atoms with van der Waals surface area (Å²) in [4.78, 5) is 0. The number of hydrogen-bond acceptors (Lipinski definition) is 2. The van der Waals surface area contributed by atoms with Gasteiger partial charge in [0.15, 0.2) is 0 Å². The lowest BCUT2D eigenvalue weighted by atomic mass is 10.0. The van der Waals surface area contributed by atoms with Gasteiger partial charge < -0.3 is 10.2 Å². The Labute approximate surface area is 125 Å². The van der Waals surface area contributed by atoms with Crippen LogP contribution in [0.2, 0.25) is 0 Å². The summed E-state index contributed by atoms with van der Waals surface area (Å²) in [5.41, 5.74) is 0. The predicted molar refractivity (Wildman–Crippen MR) is 84.4 cm³/mol. The number of aliphatic hydroxyl groups excluding tert-OH is 2. The van der Waals surface area contributed by atoms with E-state index in [4.69, 9.17) is 0 Å². The largest absolute Gasteiger partial charge is 0.392 e. The molecule has 2 atom stereocenters. The monoisotopic (exact) mass is 280 g/mol. The first-order chi connectivity index (χ1) is 9.74. The third kappa shape index (κ3) is 9.39. The first kappa shape index (κ1) is 17.5. The van der Waals surface area contributed by atoms with E-state index >= 15 is 0 Å². The molecule has 0 aromatic heterocycles. The van der Waals surface area contributed by atoms with E-state index in [0.717, 1.165) is 25.7 Å². The Kier molecular flexibility index (Phi) is 9.79. The molecule has 116 valence electrons. The highest BCUT2D eigenvalue weighted by Gasteiger charge is 2.28. The van der Waals surface area contributed by atoms with Crippen molar-refractivity contribution in [2.75, 3.05) is 0 Å². The molecule has 0 bridgehead atoms. The third-order valence-corrected chi connectivity index (χ3v) is 4.05. The molecule has 0 aromatic rings. The van der Waals surface area contributed by atoms with Crippen LogP contribution in [0.25, 0.3) is 0 Å². The zero-order valence-electron chi connectivity index (χ0n) is 13.1. The molecule has 1 saturated carbocycles. The zero-order chi connectivity index (χ0) is 14.6. The standard InChI is InChI=1S/C18H32O2/c1-2-3-4-5-6-7-8-9-11-17(19)12-10-13-18(20)16-14-15-16/h16-20H,2-9,11-12,14-15H2,1H3. The highest BCUT2D eigenvalue weighted by molar-refractivity contribution is 5.09. The van der Waals surface area contributed by atoms with Crippen LogP contribution in [0.4, 0.5) is 0 Å². The van der Waals surface area contributed by atoms with Gasteiger partial charge in [0.2, 0.25) is 0 Å². The fourth-order valence-electron chi connectivity index (χ4n) is 2.43. The van der Waals surface area contributed by atoms with Crippen LogP contribution in [-0.4, -0.2) is 22.4 Å². The molecule has 0 aromatic carbocycles. The van der Waals surface area contributed by atoms with E-state index in [-0.39, 0.29) is 6.10 Å². The van der Waals surface area contributed by atoms with Crippen molar-refractivity contribution in [3.05, 3.63) is 0 Å². The second kappa shape index (κ2) is 11.2. The minimum absolute atomic E-state index is 0.311. The van der Waals surface area contributed by atoms with E-state index < -0.39 is 6.10 Å². The fourth-order valence-corrected chi connectivity index (χ4v) is 2.43. The van der Waals surface area contributed by atoms with Crippen molar-refractivity contribution in [1.82, 2.24) is 0 Å². The minimum Gasteiger partial charge on any atom is -0.392 e. The average Bonchev–Trinajstić information content (AvgIpc) is 3.26. The van der Waals surface area contributed by atoms with E-state index in [9.17, 15) is 10.2 Å². The van der Waals surface area contributed by atoms with Gasteiger partial charge >= 0.3 is 0 Å². The Hall–Kier alpha value is -0.520. The van der Waals surface area contributed by atoms with Crippen LogP contribution in [0.5, 0.6) is 0 Å². The van der Waals surface area contributed by atoms with Gasteiger partial charge in [-0.25, -0.2) is 0 Å². The summed E-state index contributed by atoms with van der Waals surface area (Å²) in [6, 6.07) is 0. The van der Waals surface area contributed by atoms with Crippen LogP contribution in [0.15, 0.2) is 0 Å². The Bertz CT molecular complexity index is 286. The Morgan fingerprint density at radius 3 is 2.15 bits per heavy atom. The molecule has 0 saturated heterocycles. The van der Waals surface area contributed by atoms with Gasteiger partial charge in [-0.15, -0.1) is 0 Å². The smallest absolute Gasteiger partial charge is 0.117 e. The lowest BCUT2D eigenvalue weighted by Gasteiger charge is -2.06. The van der Waals surface area contributed by atoms with Crippen molar-refractivity contribution in [3.8, 4) is 11.8 Å². The summed E-state index contributed by atoms with van der Waals surface area (Å²) >= 11 is 0. The number of aliphatic hydroxyl groups is 2. The van der Waals surface area contributed by atoms with Gasteiger partial charge in [-0.05, 0) is 25.2 Å². The second-order valence-corrected chi connectivity index (χ2v) is 6.22. The molecule has 2 heteroatoms. The quantitative estimate of drug-likeness (QED) is 0.443. The molecule has 1 aliphatic rings. The minimum atomic E-state index is -0.453. The van der Waals surface area contributed by atoms with Gasteiger partial charge in [0.25, 0.3) is 0 Å². The van der Waals surface area contributed by atoms with E-state index in [1.165, 1.54) is 44.9 Å². The van der Waals surface area contributed by atoms with Crippen LogP contribution in [0, 0.1) is 17.8 Å². The zero-order valence-corrected chi connectivity index (χ0v) is 13.1. The highest BCUT2D eigenvalue weighted by atomic mass is 16.3. The first-order valence-electron chi connectivity index (χ1n) is 8.58. The first-order valence-corrected chi connectivity index (χ1v) is 8.58. The average molecular weight is 280 g/mol. The maximum atomic E-state index is 9.80. The van der Waals surface area contributed by atoms with E-state index in [1.54, 1.807) is 0 Å². The van der Waals surface area contributed by atoms with Gasteiger partial charge in [-0.1, -0.05) is 70.1 Å². The van der Waals surface area contributed by atoms with Gasteiger partial charge in [0.05, 0.1) is 6.10 Å². The lowest BCUT2D eigenvalue weighted by molar-refractivity contribution is 0.165. The summed E-state index contributed by atoms with van der Waals surface area (Å²) in [6.07, 6.45) is 13.2. The summed E-state index contributed by atoms with van der Waals surface area (Å²) in [7, 11) is 0. The van der Waals surface area contributed by atoms with Crippen LogP contribution in [0.3, 0.4) is 0 Å². The van der Waals surface area contributed by atoms with Crippen LogP contribution in [-0.2, 0) is 0 Å². The van der Waals surface area contributed by atoms with Crippen molar-refractivity contribution in [3.63, 3.8) is 0 Å². The number of unbranched alkanes of at least 4 members (excludes halogenated alkanes) is 7. The van der Waals surface area contributed by atoms with Crippen molar-refractivity contribution >= 4 is 0 Å². The molecule has 1 rings (SSSR count). The highest BCUT2D eigenvalue weighted by Crippen LogP contribution is 2.32. The number of rotatable bonds is 11. The van der Waals surface area contributed by atoms with Gasteiger partial charge in [0.1, 0.15) is 6.10 Å². The van der Waals surface area contributed by atoms with Gasteiger partial charge in [0, 0.05) is 6.42 Å². The SMILES string of the molecule is CCCCCCCCCCC(O)CC#CC(O)C1CC1. The molecule has 1 fully saturated rings. The normalized spacial score (nSPS) is 17.4. The van der Waals surface area contributed by atoms with E-state index in [1.807, 2.05) is 0 Å². The van der Waals surface area contributed by atoms with Crippen LogP contribution < -0.4 is 0 Å². The van der Waals surface area contributed by atoms with Crippen molar-refractivity contribution in [2.45, 2.75) is 96.2 Å². The molecule has 0 heterocycles. The lowest BCUT2D eigenvalue weighted by Crippen LogP contribution is -2.07. The Morgan fingerprint density at radius 2 is 1.55 bits per heavy atom. The molecule has 2 nitrogen and oxygen atoms in total. The van der Waals surface area contributed by atoms with E-state index in [2.05, 4.69) is 18.8 Å². The van der Waals surface area contributed by atoms with Gasteiger partial charge in [-0.3, -0.25) is 0 Å².